The molecule has 1 unspecified atom stereocenters. The molecule has 0 fully saturated rings. The Kier molecular flexibility index (Phi) is 8.60. The highest BCUT2D eigenvalue weighted by molar-refractivity contribution is 6.74. The van der Waals surface area contributed by atoms with Crippen LogP contribution in [-0.2, 0) is 20.4 Å². The molecule has 4 heteroatoms. The van der Waals surface area contributed by atoms with Crippen molar-refractivity contribution in [3.63, 3.8) is 0 Å². The van der Waals surface area contributed by atoms with Crippen LogP contribution in [0.1, 0.15) is 39.2 Å². The van der Waals surface area contributed by atoms with Gasteiger partial charge in [-0.15, -0.1) is 0 Å². The van der Waals surface area contributed by atoms with Crippen LogP contribution >= 0.6 is 0 Å². The number of ether oxygens (including phenoxy) is 1. The predicted molar refractivity (Wildman–Crippen MR) is 107 cm³/mol. The number of allylic oxidation sites excluding steroid dienone is 1. The van der Waals surface area contributed by atoms with Gasteiger partial charge < -0.3 is 9.16 Å². The van der Waals surface area contributed by atoms with Crippen LogP contribution in [-0.4, -0.2) is 28.0 Å². The minimum atomic E-state index is -1.69. The van der Waals surface area contributed by atoms with E-state index >= 15 is 0 Å². The highest BCUT2D eigenvalue weighted by Gasteiger charge is 2.36. The zero-order valence-corrected chi connectivity index (χ0v) is 17.7. The summed E-state index contributed by atoms with van der Waals surface area (Å²) in [5, 5.41) is 0.237. The van der Waals surface area contributed by atoms with Crippen molar-refractivity contribution >= 4 is 14.3 Å². The Morgan fingerprint density at radius 2 is 1.84 bits per heavy atom. The molecule has 1 rings (SSSR count). The molecule has 0 aromatic heterocycles. The van der Waals surface area contributed by atoms with Gasteiger partial charge >= 0.3 is 5.97 Å². The molecule has 0 amide bonds. The van der Waals surface area contributed by atoms with Crippen LogP contribution in [0.2, 0.25) is 18.1 Å². The summed E-state index contributed by atoms with van der Waals surface area (Å²) in [6, 6.07) is 10.4. The molecule has 0 aliphatic carbocycles. The van der Waals surface area contributed by atoms with E-state index in [9.17, 15) is 4.79 Å². The molecule has 1 aromatic carbocycles. The van der Waals surface area contributed by atoms with Crippen LogP contribution in [0, 0.1) is 5.92 Å². The maximum Gasteiger partial charge on any atom is 0.330 e. The van der Waals surface area contributed by atoms with Gasteiger partial charge in [-0.2, -0.15) is 0 Å². The van der Waals surface area contributed by atoms with E-state index < -0.39 is 8.32 Å². The fourth-order valence-electron chi connectivity index (χ4n) is 2.36. The molecule has 0 bridgehead atoms. The lowest BCUT2D eigenvalue weighted by molar-refractivity contribution is -0.134. The second-order valence-corrected chi connectivity index (χ2v) is 12.9. The molecule has 140 valence electrons. The van der Waals surface area contributed by atoms with Gasteiger partial charge in [-0.25, -0.2) is 4.79 Å². The molecule has 0 heterocycles. The van der Waals surface area contributed by atoms with E-state index in [4.69, 9.17) is 9.16 Å². The first-order chi connectivity index (χ1) is 11.7. The van der Waals surface area contributed by atoms with Gasteiger partial charge in [-0.1, -0.05) is 57.2 Å². The summed E-state index contributed by atoms with van der Waals surface area (Å²) in [4.78, 5) is 11.4. The van der Waals surface area contributed by atoms with Crippen molar-refractivity contribution in [2.75, 3.05) is 13.7 Å². The maximum absolute atomic E-state index is 11.4. The van der Waals surface area contributed by atoms with Gasteiger partial charge in [0.25, 0.3) is 0 Å². The lowest BCUT2D eigenvalue weighted by atomic mass is 9.94. The van der Waals surface area contributed by atoms with E-state index in [0.717, 1.165) is 25.9 Å². The standard InChI is InChI=1S/C21H34O3Si/c1-21(2,3)25(5,6)24-16-10-13-19(14-15-20(22)23-4)17-18-11-8-7-9-12-18/h7-9,11-12,14-15,19H,10,13,16-17H2,1-6H3/b15-14+. The number of hydrogen-bond donors (Lipinski definition) is 0. The third kappa shape index (κ3) is 8.02. The largest absolute Gasteiger partial charge is 0.466 e. The Balaban J connectivity index is 2.59. The summed E-state index contributed by atoms with van der Waals surface area (Å²) < 4.78 is 11.0. The summed E-state index contributed by atoms with van der Waals surface area (Å²) >= 11 is 0. The molecule has 25 heavy (non-hydrogen) atoms. The first kappa shape index (κ1) is 21.6. The number of carbonyl (C=O) groups is 1. The molecular formula is C21H34O3Si. The van der Waals surface area contributed by atoms with Gasteiger partial charge in [0.15, 0.2) is 8.32 Å². The van der Waals surface area contributed by atoms with E-state index in [1.807, 2.05) is 12.1 Å². The SMILES string of the molecule is COC(=O)/C=C/C(CCCO[Si](C)(C)C(C)(C)C)Cc1ccccc1. The third-order valence-corrected chi connectivity index (χ3v) is 9.57. The molecule has 0 N–H and O–H groups in total. The number of methoxy groups -OCH3 is 1. The fraction of sp³-hybridized carbons (Fsp3) is 0.571. The van der Waals surface area contributed by atoms with Crippen LogP contribution in [0.3, 0.4) is 0 Å². The Morgan fingerprint density at radius 3 is 2.40 bits per heavy atom. The zero-order chi connectivity index (χ0) is 18.9. The van der Waals surface area contributed by atoms with Crippen LogP contribution in [0.25, 0.3) is 0 Å². The Hall–Kier alpha value is -1.39. The number of rotatable bonds is 9. The lowest BCUT2D eigenvalue weighted by Crippen LogP contribution is -2.41. The van der Waals surface area contributed by atoms with Gasteiger partial charge in [0.05, 0.1) is 7.11 Å². The molecule has 0 radical (unpaired) electrons. The van der Waals surface area contributed by atoms with Gasteiger partial charge in [0.2, 0.25) is 0 Å². The molecule has 1 atom stereocenters. The summed E-state index contributed by atoms with van der Waals surface area (Å²) in [5.74, 6) is 0.0140. The monoisotopic (exact) mass is 362 g/mol. The number of carbonyl (C=O) groups excluding carboxylic acids is 1. The minimum Gasteiger partial charge on any atom is -0.466 e. The molecule has 0 aliphatic heterocycles. The first-order valence-electron chi connectivity index (χ1n) is 9.10. The zero-order valence-electron chi connectivity index (χ0n) is 16.7. The van der Waals surface area contributed by atoms with Crippen molar-refractivity contribution in [1.29, 1.82) is 0 Å². The summed E-state index contributed by atoms with van der Waals surface area (Å²) in [5.41, 5.74) is 1.28. The first-order valence-corrected chi connectivity index (χ1v) is 12.0. The molecule has 3 nitrogen and oxygen atoms in total. The summed E-state index contributed by atoms with van der Waals surface area (Å²) in [6.45, 7) is 12.1. The number of hydrogen-bond acceptors (Lipinski definition) is 3. The van der Waals surface area contributed by atoms with Crippen molar-refractivity contribution in [2.24, 2.45) is 5.92 Å². The summed E-state index contributed by atoms with van der Waals surface area (Å²) in [7, 11) is -0.277. The Bertz CT molecular complexity index is 544. The molecule has 1 aromatic rings. The van der Waals surface area contributed by atoms with E-state index in [1.54, 1.807) is 6.08 Å². The van der Waals surface area contributed by atoms with Crippen LogP contribution < -0.4 is 0 Å². The number of benzene rings is 1. The third-order valence-electron chi connectivity index (χ3n) is 5.03. The average molecular weight is 363 g/mol. The van der Waals surface area contributed by atoms with E-state index in [2.05, 4.69) is 58.1 Å². The second-order valence-electron chi connectivity index (χ2n) is 8.08. The van der Waals surface area contributed by atoms with Crippen molar-refractivity contribution in [2.45, 2.75) is 58.2 Å². The quantitative estimate of drug-likeness (QED) is 0.256. The second kappa shape index (κ2) is 9.93. The average Bonchev–Trinajstić information content (AvgIpc) is 2.55. The molecule has 0 spiro atoms. The van der Waals surface area contributed by atoms with E-state index in [1.165, 1.54) is 12.7 Å². The highest BCUT2D eigenvalue weighted by atomic mass is 28.4. The van der Waals surface area contributed by atoms with E-state index in [-0.39, 0.29) is 11.0 Å². The van der Waals surface area contributed by atoms with Crippen LogP contribution in [0.15, 0.2) is 42.5 Å². The Morgan fingerprint density at radius 1 is 1.20 bits per heavy atom. The van der Waals surface area contributed by atoms with E-state index in [0.29, 0.717) is 5.92 Å². The highest BCUT2D eigenvalue weighted by Crippen LogP contribution is 2.36. The van der Waals surface area contributed by atoms with Gasteiger partial charge in [0.1, 0.15) is 0 Å². The topological polar surface area (TPSA) is 35.5 Å². The van der Waals surface area contributed by atoms with Crippen LogP contribution in [0.4, 0.5) is 0 Å². The molecular weight excluding hydrogens is 328 g/mol. The predicted octanol–water partition coefficient (Wildman–Crippen LogP) is 5.38. The lowest BCUT2D eigenvalue weighted by Gasteiger charge is -2.36. The molecule has 0 saturated carbocycles. The minimum absolute atomic E-state index is 0.237. The fourth-order valence-corrected chi connectivity index (χ4v) is 3.44. The normalized spacial score (nSPS) is 13.8. The van der Waals surface area contributed by atoms with Crippen LogP contribution in [0.5, 0.6) is 0 Å². The van der Waals surface area contributed by atoms with Crippen molar-refractivity contribution in [3.05, 3.63) is 48.0 Å². The molecule has 0 saturated heterocycles. The van der Waals surface area contributed by atoms with Gasteiger partial charge in [0, 0.05) is 12.7 Å². The maximum atomic E-state index is 11.4. The van der Waals surface area contributed by atoms with Gasteiger partial charge in [-0.3, -0.25) is 0 Å². The van der Waals surface area contributed by atoms with Crippen molar-refractivity contribution in [1.82, 2.24) is 0 Å². The smallest absolute Gasteiger partial charge is 0.330 e. The number of esters is 1. The Labute approximate surface area is 154 Å². The van der Waals surface area contributed by atoms with Gasteiger partial charge in [-0.05, 0) is 48.9 Å². The summed E-state index contributed by atoms with van der Waals surface area (Å²) in [6.07, 6.45) is 6.44. The van der Waals surface area contributed by atoms with Crippen molar-refractivity contribution in [3.8, 4) is 0 Å². The molecule has 0 aliphatic rings. The van der Waals surface area contributed by atoms with Crippen molar-refractivity contribution < 1.29 is 14.0 Å².